The minimum Gasteiger partial charge on any atom is -0.447 e. The van der Waals surface area contributed by atoms with Crippen molar-refractivity contribution in [2.75, 3.05) is 29.6 Å². The third-order valence-electron chi connectivity index (χ3n) is 7.83. The van der Waals surface area contributed by atoms with Crippen LogP contribution in [0.15, 0.2) is 10.6 Å². The van der Waals surface area contributed by atoms with Gasteiger partial charge in [0.15, 0.2) is 16.8 Å². The zero-order chi connectivity index (χ0) is 26.9. The lowest BCUT2D eigenvalue weighted by atomic mass is 9.66. The number of nitrogens with zero attached hydrogens (tertiary/aromatic N) is 3. The monoisotopic (exact) mass is 547 g/mol. The third-order valence-corrected chi connectivity index (χ3v) is 8.18. The van der Waals surface area contributed by atoms with Gasteiger partial charge in [-0.2, -0.15) is 0 Å². The number of aliphatic hydroxyl groups excluding tert-OH is 1. The maximum atomic E-state index is 13.4. The highest BCUT2D eigenvalue weighted by Crippen LogP contribution is 2.52. The van der Waals surface area contributed by atoms with Crippen molar-refractivity contribution in [3.8, 4) is 0 Å². The molecule has 1 aromatic heterocycles. The van der Waals surface area contributed by atoms with Crippen molar-refractivity contribution in [2.45, 2.75) is 57.4 Å². The van der Waals surface area contributed by atoms with Gasteiger partial charge in [0.2, 0.25) is 11.8 Å². The molecule has 0 bridgehead atoms. The number of benzene rings is 1. The highest BCUT2D eigenvalue weighted by molar-refractivity contribution is 6.38. The second-order valence-electron chi connectivity index (χ2n) is 10.2. The van der Waals surface area contributed by atoms with Crippen molar-refractivity contribution in [1.82, 2.24) is 15.8 Å². The van der Waals surface area contributed by atoms with Gasteiger partial charge in [-0.05, 0) is 44.7 Å². The summed E-state index contributed by atoms with van der Waals surface area (Å²) in [6.07, 6.45) is -0.532. The number of carbonyl (C=O) groups is 4. The number of hydrogen-bond donors (Lipinski definition) is 3. The molecule has 202 valence electrons. The smallest absolute Gasteiger partial charge is 0.416 e. The fourth-order valence-corrected chi connectivity index (χ4v) is 6.74. The van der Waals surface area contributed by atoms with Crippen LogP contribution in [0, 0.1) is 5.41 Å². The first-order valence-electron chi connectivity index (χ1n) is 12.4. The van der Waals surface area contributed by atoms with Crippen LogP contribution in [-0.2, 0) is 25.5 Å². The van der Waals surface area contributed by atoms with Crippen molar-refractivity contribution >= 4 is 58.0 Å². The van der Waals surface area contributed by atoms with E-state index in [4.69, 9.17) is 25.6 Å². The van der Waals surface area contributed by atoms with E-state index in [1.54, 1.807) is 13.0 Å². The van der Waals surface area contributed by atoms with Crippen molar-refractivity contribution in [2.24, 2.45) is 5.41 Å². The van der Waals surface area contributed by atoms with Crippen LogP contribution in [0.2, 0.25) is 5.02 Å². The molecule has 0 unspecified atom stereocenters. The molecule has 0 aliphatic carbocycles. The van der Waals surface area contributed by atoms with Gasteiger partial charge in [-0.3, -0.25) is 25.1 Å². The lowest BCUT2D eigenvalue weighted by molar-refractivity contribution is -0.153. The van der Waals surface area contributed by atoms with Crippen LogP contribution < -0.4 is 20.4 Å². The van der Waals surface area contributed by atoms with Crippen LogP contribution in [0.25, 0.3) is 11.0 Å². The lowest BCUT2D eigenvalue weighted by Crippen LogP contribution is -2.75. The summed E-state index contributed by atoms with van der Waals surface area (Å²) >= 11 is 6.94. The number of cyclic esters (lactones) is 1. The van der Waals surface area contributed by atoms with Crippen LogP contribution in [0.4, 0.5) is 21.1 Å². The number of morpholine rings is 1. The number of imide groups is 2. The van der Waals surface area contributed by atoms with Gasteiger partial charge in [0.05, 0.1) is 35.4 Å². The van der Waals surface area contributed by atoms with E-state index in [0.717, 1.165) is 0 Å². The Morgan fingerprint density at radius 2 is 1.95 bits per heavy atom. The summed E-state index contributed by atoms with van der Waals surface area (Å²) in [5.41, 5.74) is -0.290. The van der Waals surface area contributed by atoms with E-state index >= 15 is 0 Å². The molecule has 1 spiro atoms. The van der Waals surface area contributed by atoms with Crippen molar-refractivity contribution in [1.29, 1.82) is 0 Å². The standard InChI is InChI=1S/C24H26ClN5O8/c1-10-8-29-16-12(7-24(18(29)11(2)37-10)20(32)26-22(34)27-21(24)33)6-14-17(15(16)25)38-28-19(14)30-13(4-3-5-31)9-36-23(30)35/h6,10-11,13,18,31H,3-5,7-9H2,1-2H3,(H2,26,27,32,33,34)/t10-,11+,13+,18-/m1/s1. The minimum atomic E-state index is -1.68. The molecular formula is C24H26ClN5O8. The first-order chi connectivity index (χ1) is 18.2. The summed E-state index contributed by atoms with van der Waals surface area (Å²) in [5.74, 6) is -1.24. The molecule has 5 amide bonds. The molecule has 0 radical (unpaired) electrons. The number of aliphatic hydroxyl groups is 1. The van der Waals surface area contributed by atoms with Crippen molar-refractivity contribution in [3.63, 3.8) is 0 Å². The van der Waals surface area contributed by atoms with E-state index in [-0.39, 0.29) is 48.2 Å². The maximum absolute atomic E-state index is 13.4. The van der Waals surface area contributed by atoms with Gasteiger partial charge in [-0.15, -0.1) is 0 Å². The molecule has 1 aromatic carbocycles. The summed E-state index contributed by atoms with van der Waals surface area (Å²) in [6, 6.07) is -0.281. The molecule has 6 rings (SSSR count). The number of amides is 5. The van der Waals surface area contributed by atoms with Crippen LogP contribution in [-0.4, -0.2) is 78.3 Å². The number of fused-ring (bicyclic) bond motifs is 5. The maximum Gasteiger partial charge on any atom is 0.416 e. The van der Waals surface area contributed by atoms with Gasteiger partial charge in [0.25, 0.3) is 0 Å². The summed E-state index contributed by atoms with van der Waals surface area (Å²) in [5, 5.41) is 18.6. The molecule has 4 aliphatic rings. The normalized spacial score (nSPS) is 28.3. The lowest BCUT2D eigenvalue weighted by Gasteiger charge is -2.55. The number of halogens is 1. The quantitative estimate of drug-likeness (QED) is 0.477. The third kappa shape index (κ3) is 3.41. The van der Waals surface area contributed by atoms with E-state index in [9.17, 15) is 24.3 Å². The molecule has 3 fully saturated rings. The second kappa shape index (κ2) is 8.82. The number of hydrogen-bond acceptors (Lipinski definition) is 10. The Labute approximate surface area is 221 Å². The van der Waals surface area contributed by atoms with E-state index in [1.165, 1.54) is 4.90 Å². The average Bonchev–Trinajstić information content (AvgIpc) is 3.43. The molecule has 13 nitrogen and oxygen atoms in total. The number of urea groups is 1. The number of carbonyl (C=O) groups excluding carboxylic acids is 4. The zero-order valence-corrected chi connectivity index (χ0v) is 21.4. The molecule has 2 aromatic rings. The van der Waals surface area contributed by atoms with E-state index in [2.05, 4.69) is 15.8 Å². The summed E-state index contributed by atoms with van der Waals surface area (Å²) < 4.78 is 16.9. The fourth-order valence-electron chi connectivity index (χ4n) is 6.37. The van der Waals surface area contributed by atoms with Gasteiger partial charge in [0, 0.05) is 13.2 Å². The Morgan fingerprint density at radius 1 is 1.21 bits per heavy atom. The SMILES string of the molecule is C[C@@H]1CN2c3c(cc4c(N5C(=O)OC[C@@H]5CCCO)noc4c3Cl)CC3(C(=O)NC(=O)NC3=O)[C@H]2[C@H](C)O1. The molecule has 4 aliphatic heterocycles. The van der Waals surface area contributed by atoms with Gasteiger partial charge >= 0.3 is 12.1 Å². The van der Waals surface area contributed by atoms with Crippen LogP contribution in [0.5, 0.6) is 0 Å². The zero-order valence-electron chi connectivity index (χ0n) is 20.7. The second-order valence-corrected chi connectivity index (χ2v) is 10.6. The fraction of sp³-hybridized carbons (Fsp3) is 0.542. The highest BCUT2D eigenvalue weighted by Gasteiger charge is 2.63. The molecule has 4 atom stereocenters. The Kier molecular flexibility index (Phi) is 5.78. The largest absolute Gasteiger partial charge is 0.447 e. The topological polar surface area (TPSA) is 164 Å². The van der Waals surface area contributed by atoms with Crippen molar-refractivity contribution in [3.05, 3.63) is 16.7 Å². The van der Waals surface area contributed by atoms with Gasteiger partial charge in [-0.25, -0.2) is 9.59 Å². The first-order valence-corrected chi connectivity index (χ1v) is 12.8. The first kappa shape index (κ1) is 24.9. The Hall–Kier alpha value is -3.42. The number of ether oxygens (including phenoxy) is 2. The summed E-state index contributed by atoms with van der Waals surface area (Å²) in [7, 11) is 0. The van der Waals surface area contributed by atoms with E-state index in [0.29, 0.717) is 36.0 Å². The molecule has 0 saturated carbocycles. The molecule has 14 heteroatoms. The molecule has 3 saturated heterocycles. The average molecular weight is 548 g/mol. The number of anilines is 2. The number of barbiturate groups is 1. The predicted octanol–water partition coefficient (Wildman–Crippen LogP) is 1.47. The van der Waals surface area contributed by atoms with Crippen LogP contribution in [0.3, 0.4) is 0 Å². The van der Waals surface area contributed by atoms with E-state index in [1.807, 2.05) is 11.8 Å². The molecule has 5 heterocycles. The van der Waals surface area contributed by atoms with Crippen LogP contribution >= 0.6 is 11.6 Å². The van der Waals surface area contributed by atoms with Crippen LogP contribution in [0.1, 0.15) is 32.3 Å². The number of aromatic nitrogens is 1. The molecule has 38 heavy (non-hydrogen) atoms. The highest BCUT2D eigenvalue weighted by atomic mass is 35.5. The number of rotatable bonds is 4. The summed E-state index contributed by atoms with van der Waals surface area (Å²) in [4.78, 5) is 54.7. The molecule has 3 N–H and O–H groups in total. The predicted molar refractivity (Wildman–Crippen MR) is 132 cm³/mol. The van der Waals surface area contributed by atoms with Gasteiger partial charge in [-0.1, -0.05) is 16.8 Å². The van der Waals surface area contributed by atoms with Gasteiger partial charge < -0.3 is 24.0 Å². The Bertz CT molecular complexity index is 1360. The molecular weight excluding hydrogens is 522 g/mol. The van der Waals surface area contributed by atoms with Gasteiger partial charge in [0.1, 0.15) is 11.6 Å². The Balaban J connectivity index is 1.53. The number of nitrogens with one attached hydrogen (secondary N) is 2. The Morgan fingerprint density at radius 3 is 2.66 bits per heavy atom. The summed E-state index contributed by atoms with van der Waals surface area (Å²) in [6.45, 7) is 4.08. The minimum absolute atomic E-state index is 0.0380. The van der Waals surface area contributed by atoms with E-state index < -0.39 is 41.5 Å². The van der Waals surface area contributed by atoms with Crippen molar-refractivity contribution < 1.29 is 38.3 Å².